The molecule has 6 rings (SSSR count). The van der Waals surface area contributed by atoms with E-state index in [2.05, 4.69) is 20.8 Å². The number of anilines is 1. The van der Waals surface area contributed by atoms with E-state index in [1.54, 1.807) is 11.8 Å². The van der Waals surface area contributed by atoms with Gasteiger partial charge in [-0.1, -0.05) is 6.07 Å². The lowest BCUT2D eigenvalue weighted by Gasteiger charge is -2.24. The van der Waals surface area contributed by atoms with Gasteiger partial charge in [0.15, 0.2) is 9.92 Å². The minimum Gasteiger partial charge on any atom is -0.476 e. The molecule has 9 nitrogen and oxygen atoms in total. The lowest BCUT2D eigenvalue weighted by Crippen LogP contribution is -2.28. The summed E-state index contributed by atoms with van der Waals surface area (Å²) in [5, 5.41) is 13.4. The first-order valence-corrected chi connectivity index (χ1v) is 13.2. The number of rotatable bonds is 4. The van der Waals surface area contributed by atoms with Gasteiger partial charge in [-0.2, -0.15) is 5.10 Å². The number of hydrogen-bond donors (Lipinski definition) is 2. The molecular formula is C23H29N5O4S. The number of benzene rings is 1. The topological polar surface area (TPSA) is 121 Å². The number of urea groups is 1. The first-order valence-electron chi connectivity index (χ1n) is 11.6. The Hall–Kier alpha value is -2.43. The molecule has 1 fully saturated rings. The van der Waals surface area contributed by atoms with Crippen LogP contribution in [-0.4, -0.2) is 40.3 Å². The standard InChI is InChI=1S/C23H29N5O4S/c1-31-11-16-6-5-15-9-14-3-2-4-17(14)20(19(15)16)26-22(29)27-33(24,30)18-10-25-28-12-23(7-8-23)13-32-21(18)28/h9-10,16H,2-8,11-13H2,1H3,(H3,24,26,27,29,30)/t16-,33+/m1/s1. The molecule has 1 saturated carbocycles. The predicted octanol–water partition coefficient (Wildman–Crippen LogP) is 3.15. The third kappa shape index (κ3) is 3.55. The summed E-state index contributed by atoms with van der Waals surface area (Å²) in [5.41, 5.74) is 5.79. The van der Waals surface area contributed by atoms with Crippen molar-refractivity contribution in [3.05, 3.63) is 34.5 Å². The van der Waals surface area contributed by atoms with Gasteiger partial charge in [-0.3, -0.25) is 0 Å². The highest BCUT2D eigenvalue weighted by molar-refractivity contribution is 7.91. The van der Waals surface area contributed by atoms with Crippen molar-refractivity contribution >= 4 is 21.6 Å². The van der Waals surface area contributed by atoms with Crippen LogP contribution in [0.4, 0.5) is 10.5 Å². The number of carbonyl (C=O) groups is 1. The molecule has 176 valence electrons. The van der Waals surface area contributed by atoms with E-state index in [1.165, 1.54) is 17.3 Å². The molecule has 0 unspecified atom stereocenters. The molecule has 0 bridgehead atoms. The Balaban J connectivity index is 1.33. The van der Waals surface area contributed by atoms with Gasteiger partial charge in [0.2, 0.25) is 5.88 Å². The molecule has 3 N–H and O–H groups in total. The van der Waals surface area contributed by atoms with E-state index >= 15 is 0 Å². The maximum Gasteiger partial charge on any atom is 0.354 e. The van der Waals surface area contributed by atoms with Gasteiger partial charge in [-0.25, -0.2) is 18.8 Å². The van der Waals surface area contributed by atoms with Crippen molar-refractivity contribution in [2.24, 2.45) is 14.9 Å². The van der Waals surface area contributed by atoms with E-state index in [4.69, 9.17) is 14.6 Å². The lowest BCUT2D eigenvalue weighted by atomic mass is 9.94. The third-order valence-electron chi connectivity index (χ3n) is 7.55. The van der Waals surface area contributed by atoms with Crippen molar-refractivity contribution < 1.29 is 18.5 Å². The Kier molecular flexibility index (Phi) is 4.83. The minimum atomic E-state index is -3.52. The van der Waals surface area contributed by atoms with Crippen LogP contribution in [0.15, 0.2) is 21.5 Å². The van der Waals surface area contributed by atoms with Crippen LogP contribution in [0.3, 0.4) is 0 Å². The van der Waals surface area contributed by atoms with Crippen LogP contribution >= 0.6 is 0 Å². The molecule has 33 heavy (non-hydrogen) atoms. The molecule has 0 radical (unpaired) electrons. The zero-order valence-electron chi connectivity index (χ0n) is 18.8. The smallest absolute Gasteiger partial charge is 0.354 e. The maximum atomic E-state index is 13.3. The summed E-state index contributed by atoms with van der Waals surface area (Å²) in [7, 11) is -1.82. The summed E-state index contributed by atoms with van der Waals surface area (Å²) in [6.07, 6.45) is 8.54. The number of carbonyl (C=O) groups excluding carboxylic acids is 1. The molecule has 2 amide bonds. The van der Waals surface area contributed by atoms with E-state index in [9.17, 15) is 9.00 Å². The molecule has 2 atom stereocenters. The van der Waals surface area contributed by atoms with E-state index in [0.29, 0.717) is 25.6 Å². The minimum absolute atomic E-state index is 0.146. The van der Waals surface area contributed by atoms with Gasteiger partial charge >= 0.3 is 6.03 Å². The molecule has 1 aromatic carbocycles. The predicted molar refractivity (Wildman–Crippen MR) is 123 cm³/mol. The van der Waals surface area contributed by atoms with Gasteiger partial charge < -0.3 is 14.8 Å². The summed E-state index contributed by atoms with van der Waals surface area (Å²) < 4.78 is 30.2. The average Bonchev–Trinajstić information content (AvgIpc) is 3.15. The number of fused-ring (bicyclic) bond motifs is 3. The van der Waals surface area contributed by atoms with Gasteiger partial charge in [-0.15, -0.1) is 4.36 Å². The van der Waals surface area contributed by atoms with Crippen LogP contribution in [0.25, 0.3) is 0 Å². The largest absolute Gasteiger partial charge is 0.476 e. The fourth-order valence-electron chi connectivity index (χ4n) is 5.66. The molecule has 0 saturated heterocycles. The Morgan fingerprint density at radius 1 is 1.39 bits per heavy atom. The molecular weight excluding hydrogens is 442 g/mol. The van der Waals surface area contributed by atoms with E-state index < -0.39 is 15.9 Å². The molecule has 1 spiro atoms. The van der Waals surface area contributed by atoms with Gasteiger partial charge in [0.05, 0.1) is 26.0 Å². The number of aryl methyl sites for hydroxylation is 2. The first-order chi connectivity index (χ1) is 15.9. The summed E-state index contributed by atoms with van der Waals surface area (Å²) in [4.78, 5) is 13.2. The summed E-state index contributed by atoms with van der Waals surface area (Å²) in [5.74, 6) is 0.581. The van der Waals surface area contributed by atoms with Gasteiger partial charge in [-0.05, 0) is 67.2 Å². The second-order valence-corrected chi connectivity index (χ2v) is 11.6. The van der Waals surface area contributed by atoms with Gasteiger partial charge in [0, 0.05) is 24.1 Å². The zero-order valence-corrected chi connectivity index (χ0v) is 19.6. The van der Waals surface area contributed by atoms with E-state index in [0.717, 1.165) is 61.8 Å². The normalized spacial score (nSPS) is 23.3. The molecule has 3 aliphatic carbocycles. The van der Waals surface area contributed by atoms with E-state index in [-0.39, 0.29) is 16.2 Å². The van der Waals surface area contributed by atoms with Gasteiger partial charge in [0.25, 0.3) is 0 Å². The number of amides is 2. The second-order valence-electron chi connectivity index (χ2n) is 9.86. The van der Waals surface area contributed by atoms with Gasteiger partial charge in [0.1, 0.15) is 4.90 Å². The SMILES string of the molecule is COC[C@H]1CCc2cc3c(c(NC(=O)N=[S@](N)(=O)c4cnn5c4OCC4(CC4)C5)c21)CCC3. The number of nitrogens with one attached hydrogen (secondary N) is 1. The lowest BCUT2D eigenvalue weighted by molar-refractivity contribution is 0.144. The molecule has 1 aromatic heterocycles. The van der Waals surface area contributed by atoms with Crippen molar-refractivity contribution in [3.63, 3.8) is 0 Å². The second kappa shape index (κ2) is 7.54. The zero-order chi connectivity index (χ0) is 22.8. The maximum absolute atomic E-state index is 13.3. The molecule has 4 aliphatic rings. The van der Waals surface area contributed by atoms with Crippen LogP contribution in [0.1, 0.15) is 53.9 Å². The number of hydrogen-bond acceptors (Lipinski definition) is 5. The summed E-state index contributed by atoms with van der Waals surface area (Å²) in [6.45, 7) is 1.87. The number of methoxy groups -OCH3 is 1. The van der Waals surface area contributed by atoms with E-state index in [1.807, 2.05) is 0 Å². The number of nitrogens with zero attached hydrogens (tertiary/aromatic N) is 3. The molecule has 2 heterocycles. The fourth-order valence-corrected chi connectivity index (χ4v) is 6.67. The van der Waals surface area contributed by atoms with Crippen molar-refractivity contribution in [2.45, 2.75) is 62.3 Å². The van der Waals surface area contributed by atoms with Crippen LogP contribution in [0.5, 0.6) is 5.88 Å². The van der Waals surface area contributed by atoms with Crippen LogP contribution in [-0.2, 0) is 40.5 Å². The summed E-state index contributed by atoms with van der Waals surface area (Å²) >= 11 is 0. The Morgan fingerprint density at radius 2 is 2.24 bits per heavy atom. The monoisotopic (exact) mass is 471 g/mol. The Bertz CT molecular complexity index is 1270. The average molecular weight is 472 g/mol. The first kappa shape index (κ1) is 21.1. The van der Waals surface area contributed by atoms with Crippen LogP contribution in [0.2, 0.25) is 0 Å². The fraction of sp³-hybridized carbons (Fsp3) is 0.565. The van der Waals surface area contributed by atoms with Crippen molar-refractivity contribution in [1.29, 1.82) is 0 Å². The highest BCUT2D eigenvalue weighted by atomic mass is 32.2. The number of ether oxygens (including phenoxy) is 2. The Morgan fingerprint density at radius 3 is 3.03 bits per heavy atom. The number of aromatic nitrogens is 2. The summed E-state index contributed by atoms with van der Waals surface area (Å²) in [6, 6.07) is 1.58. The molecule has 1 aliphatic heterocycles. The van der Waals surface area contributed by atoms with Crippen molar-refractivity contribution in [3.8, 4) is 5.88 Å². The quantitative estimate of drug-likeness (QED) is 0.710. The Labute approximate surface area is 193 Å². The highest BCUT2D eigenvalue weighted by Gasteiger charge is 2.48. The molecule has 10 heteroatoms. The van der Waals surface area contributed by atoms with Crippen molar-refractivity contribution in [2.75, 3.05) is 25.6 Å². The number of nitrogens with two attached hydrogens (primary N) is 1. The third-order valence-corrected chi connectivity index (χ3v) is 8.89. The highest BCUT2D eigenvalue weighted by Crippen LogP contribution is 2.50. The molecule has 2 aromatic rings. The van der Waals surface area contributed by atoms with Crippen LogP contribution in [0, 0.1) is 5.41 Å². The van der Waals surface area contributed by atoms with Crippen molar-refractivity contribution in [1.82, 2.24) is 9.78 Å². The van der Waals surface area contributed by atoms with Crippen LogP contribution < -0.4 is 15.2 Å².